The normalized spacial score (nSPS) is 30.8. The van der Waals surface area contributed by atoms with Crippen molar-refractivity contribution in [1.82, 2.24) is 0 Å². The Hall–Kier alpha value is -2.67. The second-order valence-corrected chi connectivity index (χ2v) is 9.41. The van der Waals surface area contributed by atoms with Crippen LogP contribution in [0.4, 0.5) is 11.4 Å². The SMILES string of the molecule is Cc1ccc(C(=O)Nc2cccc(NC(=O)[C@@H]3[C@H]4C[C@H]5[C@H](OC(=O)[C@@H]53)[C@H]4Br)c2)cc1. The lowest BCUT2D eigenvalue weighted by Gasteiger charge is -2.27. The zero-order chi connectivity index (χ0) is 21.0. The van der Waals surface area contributed by atoms with Gasteiger partial charge in [0.05, 0.1) is 16.7 Å². The van der Waals surface area contributed by atoms with E-state index >= 15 is 0 Å². The Morgan fingerprint density at radius 2 is 1.73 bits per heavy atom. The Morgan fingerprint density at radius 3 is 2.47 bits per heavy atom. The summed E-state index contributed by atoms with van der Waals surface area (Å²) in [5.74, 6) is -1.16. The molecule has 3 fully saturated rings. The molecule has 2 amide bonds. The van der Waals surface area contributed by atoms with Gasteiger partial charge in [-0.15, -0.1) is 0 Å². The van der Waals surface area contributed by atoms with Gasteiger partial charge in [0.1, 0.15) is 6.10 Å². The van der Waals surface area contributed by atoms with E-state index in [4.69, 9.17) is 4.74 Å². The molecule has 7 heteroatoms. The van der Waals surface area contributed by atoms with Crippen molar-refractivity contribution in [2.24, 2.45) is 23.7 Å². The van der Waals surface area contributed by atoms with Gasteiger partial charge in [0.2, 0.25) is 5.91 Å². The third-order valence-corrected chi connectivity index (χ3v) is 7.73. The van der Waals surface area contributed by atoms with Crippen LogP contribution in [0, 0.1) is 30.6 Å². The third kappa shape index (κ3) is 3.12. The standard InChI is InChI=1S/C23H21BrN2O4/c1-11-5-7-12(8-6-11)21(27)25-13-3-2-4-14(9-13)26-22(28)17-15-10-16-18(17)23(29)30-20(16)19(15)24/h2-9,15-20H,10H2,1H3,(H,25,27)(H,26,28)/t15-,16-,17-,18+,19+,20+/m1/s1. The molecular formula is C23H21BrN2O4. The maximum atomic E-state index is 13.0. The van der Waals surface area contributed by atoms with Crippen LogP contribution in [0.25, 0.3) is 0 Å². The molecule has 6 nitrogen and oxygen atoms in total. The summed E-state index contributed by atoms with van der Waals surface area (Å²) in [5.41, 5.74) is 2.82. The molecule has 2 bridgehead atoms. The average Bonchev–Trinajstić information content (AvgIpc) is 3.33. The number of alkyl halides is 1. The summed E-state index contributed by atoms with van der Waals surface area (Å²) in [6.45, 7) is 1.97. The zero-order valence-electron chi connectivity index (χ0n) is 16.3. The zero-order valence-corrected chi connectivity index (χ0v) is 17.9. The molecule has 0 unspecified atom stereocenters. The van der Waals surface area contributed by atoms with Crippen molar-refractivity contribution in [3.8, 4) is 0 Å². The number of aryl methyl sites for hydroxylation is 1. The van der Waals surface area contributed by atoms with Crippen molar-refractivity contribution in [2.45, 2.75) is 24.3 Å². The summed E-state index contributed by atoms with van der Waals surface area (Å²) >= 11 is 3.63. The smallest absolute Gasteiger partial charge is 0.310 e. The summed E-state index contributed by atoms with van der Waals surface area (Å²) < 4.78 is 5.48. The second-order valence-electron chi connectivity index (χ2n) is 8.35. The van der Waals surface area contributed by atoms with Crippen LogP contribution in [-0.4, -0.2) is 28.7 Å². The molecule has 0 radical (unpaired) electrons. The van der Waals surface area contributed by atoms with Gasteiger partial charge in [-0.2, -0.15) is 0 Å². The van der Waals surface area contributed by atoms with Crippen molar-refractivity contribution >= 4 is 45.1 Å². The molecular weight excluding hydrogens is 448 g/mol. The Morgan fingerprint density at radius 1 is 1.03 bits per heavy atom. The van der Waals surface area contributed by atoms with E-state index in [0.717, 1.165) is 12.0 Å². The highest BCUT2D eigenvalue weighted by Gasteiger charge is 2.67. The van der Waals surface area contributed by atoms with Gasteiger partial charge in [0.25, 0.3) is 5.91 Å². The molecule has 154 valence electrons. The lowest BCUT2D eigenvalue weighted by Crippen LogP contribution is -2.40. The maximum absolute atomic E-state index is 13.0. The van der Waals surface area contributed by atoms with Crippen LogP contribution in [0.2, 0.25) is 0 Å². The van der Waals surface area contributed by atoms with Crippen molar-refractivity contribution in [1.29, 1.82) is 0 Å². The van der Waals surface area contributed by atoms with Crippen LogP contribution in [0.1, 0.15) is 22.3 Å². The number of esters is 1. The first-order valence-electron chi connectivity index (χ1n) is 10.1. The van der Waals surface area contributed by atoms with Gasteiger partial charge < -0.3 is 15.4 Å². The van der Waals surface area contributed by atoms with Gasteiger partial charge in [-0.05, 0) is 49.6 Å². The molecule has 2 aliphatic carbocycles. The van der Waals surface area contributed by atoms with Gasteiger partial charge in [0.15, 0.2) is 0 Å². The summed E-state index contributed by atoms with van der Waals surface area (Å²) in [7, 11) is 0. The van der Waals surface area contributed by atoms with E-state index in [9.17, 15) is 14.4 Å². The fourth-order valence-corrected chi connectivity index (χ4v) is 6.18. The minimum absolute atomic E-state index is 0.0288. The number of nitrogens with one attached hydrogen (secondary N) is 2. The Kier molecular flexibility index (Phi) is 4.65. The fourth-order valence-electron chi connectivity index (χ4n) is 5.14. The number of halogens is 1. The number of amides is 2. The van der Waals surface area contributed by atoms with Gasteiger partial charge in [-0.25, -0.2) is 0 Å². The Balaban J connectivity index is 1.29. The molecule has 30 heavy (non-hydrogen) atoms. The van der Waals surface area contributed by atoms with Crippen molar-refractivity contribution in [3.63, 3.8) is 0 Å². The number of carbonyl (C=O) groups is 3. The first-order chi connectivity index (χ1) is 14.4. The minimum atomic E-state index is -0.392. The molecule has 2 N–H and O–H groups in total. The fraction of sp³-hybridized carbons (Fsp3) is 0.348. The van der Waals surface area contributed by atoms with Crippen molar-refractivity contribution < 1.29 is 19.1 Å². The molecule has 5 rings (SSSR count). The van der Waals surface area contributed by atoms with Crippen molar-refractivity contribution in [2.75, 3.05) is 10.6 Å². The van der Waals surface area contributed by atoms with E-state index in [1.54, 1.807) is 36.4 Å². The van der Waals surface area contributed by atoms with Crippen LogP contribution in [-0.2, 0) is 14.3 Å². The molecule has 6 atom stereocenters. The maximum Gasteiger partial charge on any atom is 0.310 e. The average molecular weight is 469 g/mol. The van der Waals surface area contributed by atoms with E-state index in [2.05, 4.69) is 26.6 Å². The summed E-state index contributed by atoms with van der Waals surface area (Å²) in [5, 5.41) is 5.79. The molecule has 2 aromatic rings. The van der Waals surface area contributed by atoms with E-state index in [0.29, 0.717) is 16.9 Å². The van der Waals surface area contributed by atoms with Crippen molar-refractivity contribution in [3.05, 3.63) is 59.7 Å². The molecule has 1 heterocycles. The largest absolute Gasteiger partial charge is 0.461 e. The predicted octanol–water partition coefficient (Wildman–Crippen LogP) is 3.76. The Labute approximate surface area is 182 Å². The van der Waals surface area contributed by atoms with Gasteiger partial charge in [0, 0.05) is 22.9 Å². The lowest BCUT2D eigenvalue weighted by molar-refractivity contribution is -0.145. The molecule has 1 saturated heterocycles. The molecule has 0 aromatic heterocycles. The monoisotopic (exact) mass is 468 g/mol. The number of fused-ring (bicyclic) bond motifs is 1. The highest BCUT2D eigenvalue weighted by Crippen LogP contribution is 2.60. The van der Waals surface area contributed by atoms with Gasteiger partial charge in [-0.1, -0.05) is 39.7 Å². The van der Waals surface area contributed by atoms with Gasteiger partial charge >= 0.3 is 5.97 Å². The van der Waals surface area contributed by atoms with Crippen LogP contribution in [0.5, 0.6) is 0 Å². The van der Waals surface area contributed by atoms with Gasteiger partial charge in [-0.3, -0.25) is 14.4 Å². The molecule has 2 saturated carbocycles. The van der Waals surface area contributed by atoms with Crippen LogP contribution in [0.15, 0.2) is 48.5 Å². The second kappa shape index (κ2) is 7.23. The molecule has 2 aromatic carbocycles. The highest BCUT2D eigenvalue weighted by atomic mass is 79.9. The highest BCUT2D eigenvalue weighted by molar-refractivity contribution is 9.09. The van der Waals surface area contributed by atoms with E-state index < -0.39 is 5.92 Å². The predicted molar refractivity (Wildman–Crippen MR) is 115 cm³/mol. The number of ether oxygens (including phenoxy) is 1. The quantitative estimate of drug-likeness (QED) is 0.528. The third-order valence-electron chi connectivity index (χ3n) is 6.53. The number of rotatable bonds is 4. The molecule has 3 aliphatic rings. The lowest BCUT2D eigenvalue weighted by atomic mass is 9.79. The van der Waals surface area contributed by atoms with E-state index in [1.165, 1.54) is 0 Å². The number of hydrogen-bond donors (Lipinski definition) is 2. The van der Waals surface area contributed by atoms with Crippen LogP contribution >= 0.6 is 15.9 Å². The number of benzene rings is 2. The first-order valence-corrected chi connectivity index (χ1v) is 11.0. The van der Waals surface area contributed by atoms with Crippen LogP contribution < -0.4 is 10.6 Å². The minimum Gasteiger partial charge on any atom is -0.461 e. The summed E-state index contributed by atoms with van der Waals surface area (Å²) in [6.07, 6.45) is 0.735. The van der Waals surface area contributed by atoms with Crippen LogP contribution in [0.3, 0.4) is 0 Å². The molecule has 1 aliphatic heterocycles. The number of carbonyl (C=O) groups excluding carboxylic acids is 3. The van der Waals surface area contributed by atoms with E-state index in [1.807, 2.05) is 19.1 Å². The number of anilines is 2. The topological polar surface area (TPSA) is 84.5 Å². The first kappa shape index (κ1) is 19.3. The summed E-state index contributed by atoms with van der Waals surface area (Å²) in [4.78, 5) is 37.8. The summed E-state index contributed by atoms with van der Waals surface area (Å²) in [6, 6.07) is 14.4. The number of hydrogen-bond acceptors (Lipinski definition) is 4. The Bertz CT molecular complexity index is 1040. The van der Waals surface area contributed by atoms with E-state index in [-0.39, 0.29) is 46.5 Å². The molecule has 0 spiro atoms.